The molecule has 1 N–H and O–H groups in total. The molecule has 0 unspecified atom stereocenters. The van der Waals surface area contributed by atoms with Crippen LogP contribution < -0.4 is 10.1 Å². The van der Waals surface area contributed by atoms with Gasteiger partial charge < -0.3 is 10.1 Å². The summed E-state index contributed by atoms with van der Waals surface area (Å²) in [5.41, 5.74) is 2.40. The highest BCUT2D eigenvalue weighted by atomic mass is 16.5. The largest absolute Gasteiger partial charge is 0.494 e. The van der Waals surface area contributed by atoms with E-state index >= 15 is 0 Å². The number of rotatable bonds is 2. The molecule has 3 rings (SSSR count). The number of ether oxygens (including phenoxy) is 1. The van der Waals surface area contributed by atoms with E-state index < -0.39 is 0 Å². The van der Waals surface area contributed by atoms with Crippen molar-refractivity contribution in [1.29, 1.82) is 0 Å². The van der Waals surface area contributed by atoms with Crippen molar-refractivity contribution >= 4 is 10.9 Å². The van der Waals surface area contributed by atoms with E-state index in [0.29, 0.717) is 5.92 Å². The topological polar surface area (TPSA) is 34.1 Å². The van der Waals surface area contributed by atoms with Gasteiger partial charge in [-0.2, -0.15) is 0 Å². The van der Waals surface area contributed by atoms with Gasteiger partial charge in [0.1, 0.15) is 11.3 Å². The third kappa shape index (κ3) is 1.95. The van der Waals surface area contributed by atoms with Gasteiger partial charge >= 0.3 is 0 Å². The summed E-state index contributed by atoms with van der Waals surface area (Å²) >= 11 is 0. The highest BCUT2D eigenvalue weighted by Gasteiger charge is 2.18. The molecule has 0 aliphatic carbocycles. The Labute approximate surface area is 107 Å². The van der Waals surface area contributed by atoms with Gasteiger partial charge in [0.05, 0.1) is 7.11 Å². The molecular formula is C15H18N2O. The van der Waals surface area contributed by atoms with Crippen molar-refractivity contribution in [2.45, 2.75) is 18.8 Å². The van der Waals surface area contributed by atoms with Crippen LogP contribution in [0.3, 0.4) is 0 Å². The average Bonchev–Trinajstić information content (AvgIpc) is 2.47. The lowest BCUT2D eigenvalue weighted by Crippen LogP contribution is -2.26. The van der Waals surface area contributed by atoms with Crippen LogP contribution in [0.15, 0.2) is 30.5 Å². The monoisotopic (exact) mass is 242 g/mol. The lowest BCUT2D eigenvalue weighted by Gasteiger charge is -2.24. The van der Waals surface area contributed by atoms with Crippen LogP contribution >= 0.6 is 0 Å². The average molecular weight is 242 g/mol. The van der Waals surface area contributed by atoms with Crippen LogP contribution in [0.4, 0.5) is 0 Å². The van der Waals surface area contributed by atoms with Crippen molar-refractivity contribution in [3.05, 3.63) is 36.0 Å². The molecule has 94 valence electrons. The molecule has 1 fully saturated rings. The summed E-state index contributed by atoms with van der Waals surface area (Å²) in [6.45, 7) is 2.22. The fraction of sp³-hybridized carbons (Fsp3) is 0.400. The number of nitrogens with zero attached hydrogens (tertiary/aromatic N) is 1. The molecule has 18 heavy (non-hydrogen) atoms. The normalized spacial score (nSPS) is 16.9. The Morgan fingerprint density at radius 2 is 2.06 bits per heavy atom. The molecule has 0 amide bonds. The molecule has 2 heterocycles. The third-order valence-electron chi connectivity index (χ3n) is 3.77. The summed E-state index contributed by atoms with van der Waals surface area (Å²) in [7, 11) is 1.70. The van der Waals surface area contributed by atoms with E-state index in [1.807, 2.05) is 18.3 Å². The summed E-state index contributed by atoms with van der Waals surface area (Å²) in [5, 5.41) is 4.65. The molecule has 1 saturated heterocycles. The summed E-state index contributed by atoms with van der Waals surface area (Å²) in [6, 6.07) is 8.42. The van der Waals surface area contributed by atoms with Crippen molar-refractivity contribution in [2.75, 3.05) is 20.2 Å². The van der Waals surface area contributed by atoms with Gasteiger partial charge in [-0.05, 0) is 49.5 Å². The molecule has 0 bridgehead atoms. The SMILES string of the molecule is COc1ccc(C2CCNCC2)c2cccnc12. The first kappa shape index (κ1) is 11.5. The van der Waals surface area contributed by atoms with Crippen LogP contribution in [0.1, 0.15) is 24.3 Å². The van der Waals surface area contributed by atoms with Crippen molar-refractivity contribution in [2.24, 2.45) is 0 Å². The van der Waals surface area contributed by atoms with E-state index in [9.17, 15) is 0 Å². The van der Waals surface area contributed by atoms with Crippen molar-refractivity contribution in [3.63, 3.8) is 0 Å². The molecule has 0 saturated carbocycles. The van der Waals surface area contributed by atoms with Gasteiger partial charge in [0.25, 0.3) is 0 Å². The first-order chi connectivity index (χ1) is 8.90. The molecule has 2 aromatic rings. The fourth-order valence-corrected chi connectivity index (χ4v) is 2.82. The van der Waals surface area contributed by atoms with Gasteiger partial charge in [-0.1, -0.05) is 12.1 Å². The molecule has 3 heteroatoms. The zero-order chi connectivity index (χ0) is 12.4. The lowest BCUT2D eigenvalue weighted by molar-refractivity contribution is 0.418. The number of nitrogens with one attached hydrogen (secondary N) is 1. The number of hydrogen-bond donors (Lipinski definition) is 1. The molecule has 0 atom stereocenters. The standard InChI is InChI=1S/C15H18N2O/c1-18-14-5-4-12(11-6-9-16-10-7-11)13-3-2-8-17-15(13)14/h2-5,8,11,16H,6-7,9-10H2,1H3. The Morgan fingerprint density at radius 3 is 2.83 bits per heavy atom. The van der Waals surface area contributed by atoms with E-state index in [4.69, 9.17) is 4.74 Å². The van der Waals surface area contributed by atoms with Crippen LogP contribution in [0, 0.1) is 0 Å². The van der Waals surface area contributed by atoms with Crippen LogP contribution in [0.25, 0.3) is 10.9 Å². The molecule has 0 radical (unpaired) electrons. The van der Waals surface area contributed by atoms with Gasteiger partial charge in [0, 0.05) is 11.6 Å². The van der Waals surface area contributed by atoms with Gasteiger partial charge in [-0.25, -0.2) is 0 Å². The lowest BCUT2D eigenvalue weighted by atomic mass is 9.87. The number of hydrogen-bond acceptors (Lipinski definition) is 3. The quantitative estimate of drug-likeness (QED) is 0.879. The number of benzene rings is 1. The number of pyridine rings is 1. The number of aromatic nitrogens is 1. The van der Waals surface area contributed by atoms with Gasteiger partial charge in [-0.3, -0.25) is 4.98 Å². The molecule has 0 spiro atoms. The van der Waals surface area contributed by atoms with E-state index in [-0.39, 0.29) is 0 Å². The summed E-state index contributed by atoms with van der Waals surface area (Å²) in [4.78, 5) is 4.47. The molecular weight excluding hydrogens is 224 g/mol. The summed E-state index contributed by atoms with van der Waals surface area (Å²) in [5.74, 6) is 1.51. The van der Waals surface area contributed by atoms with Gasteiger partial charge in [-0.15, -0.1) is 0 Å². The minimum absolute atomic E-state index is 0.642. The third-order valence-corrected chi connectivity index (χ3v) is 3.77. The second kappa shape index (κ2) is 4.94. The Balaban J connectivity index is 2.12. The smallest absolute Gasteiger partial charge is 0.145 e. The number of piperidine rings is 1. The minimum Gasteiger partial charge on any atom is -0.494 e. The maximum atomic E-state index is 5.39. The highest BCUT2D eigenvalue weighted by Crippen LogP contribution is 2.34. The van der Waals surface area contributed by atoms with Crippen LogP contribution in [-0.4, -0.2) is 25.2 Å². The second-order valence-corrected chi connectivity index (χ2v) is 4.78. The Bertz CT molecular complexity index is 547. The highest BCUT2D eigenvalue weighted by molar-refractivity contribution is 5.87. The first-order valence-electron chi connectivity index (χ1n) is 6.52. The molecule has 3 nitrogen and oxygen atoms in total. The molecule has 1 aromatic heterocycles. The first-order valence-corrected chi connectivity index (χ1v) is 6.52. The van der Waals surface area contributed by atoms with Crippen molar-refractivity contribution < 1.29 is 4.74 Å². The molecule has 1 aliphatic rings. The minimum atomic E-state index is 0.642. The predicted molar refractivity (Wildman–Crippen MR) is 73.1 cm³/mol. The predicted octanol–water partition coefficient (Wildman–Crippen LogP) is 2.71. The van der Waals surface area contributed by atoms with E-state index in [0.717, 1.165) is 24.4 Å². The van der Waals surface area contributed by atoms with Crippen LogP contribution in [0.2, 0.25) is 0 Å². The molecule has 1 aromatic carbocycles. The van der Waals surface area contributed by atoms with E-state index in [1.54, 1.807) is 7.11 Å². The van der Waals surface area contributed by atoms with E-state index in [2.05, 4.69) is 22.4 Å². The summed E-state index contributed by atoms with van der Waals surface area (Å²) in [6.07, 6.45) is 4.24. The molecule has 1 aliphatic heterocycles. The zero-order valence-corrected chi connectivity index (χ0v) is 10.6. The Morgan fingerprint density at radius 1 is 1.22 bits per heavy atom. The maximum absolute atomic E-state index is 5.39. The van der Waals surface area contributed by atoms with Crippen molar-refractivity contribution in [1.82, 2.24) is 10.3 Å². The maximum Gasteiger partial charge on any atom is 0.145 e. The Kier molecular flexibility index (Phi) is 3.15. The second-order valence-electron chi connectivity index (χ2n) is 4.78. The van der Waals surface area contributed by atoms with Crippen LogP contribution in [-0.2, 0) is 0 Å². The van der Waals surface area contributed by atoms with Gasteiger partial charge in [0.15, 0.2) is 0 Å². The number of fused-ring (bicyclic) bond motifs is 1. The van der Waals surface area contributed by atoms with Crippen LogP contribution in [0.5, 0.6) is 5.75 Å². The number of methoxy groups -OCH3 is 1. The van der Waals surface area contributed by atoms with E-state index in [1.165, 1.54) is 23.8 Å². The van der Waals surface area contributed by atoms with Gasteiger partial charge in [0.2, 0.25) is 0 Å². The van der Waals surface area contributed by atoms with Crippen molar-refractivity contribution in [3.8, 4) is 5.75 Å². The Hall–Kier alpha value is -1.61. The summed E-state index contributed by atoms with van der Waals surface area (Å²) < 4.78 is 5.39. The zero-order valence-electron chi connectivity index (χ0n) is 10.6. The fourth-order valence-electron chi connectivity index (χ4n) is 2.82.